The summed E-state index contributed by atoms with van der Waals surface area (Å²) >= 11 is 20.7. The molecule has 1 aliphatic rings. The second kappa shape index (κ2) is 10.3. The first kappa shape index (κ1) is 23.9. The van der Waals surface area contributed by atoms with Gasteiger partial charge in [-0.15, -0.1) is 0 Å². The summed E-state index contributed by atoms with van der Waals surface area (Å²) in [4.78, 5) is 16.6. The average Bonchev–Trinajstić information content (AvgIpc) is 3.14. The molecule has 5 nitrogen and oxygen atoms in total. The summed E-state index contributed by atoms with van der Waals surface area (Å²) < 4.78 is 17.8. The van der Waals surface area contributed by atoms with Crippen molar-refractivity contribution in [2.24, 2.45) is 4.99 Å². The lowest BCUT2D eigenvalue weighted by molar-refractivity contribution is -0.129. The summed E-state index contributed by atoms with van der Waals surface area (Å²) in [6, 6.07) is 16.2. The summed E-state index contributed by atoms with van der Waals surface area (Å²) in [5, 5.41) is 1.07. The van der Waals surface area contributed by atoms with Gasteiger partial charge in [-0.1, -0.05) is 46.9 Å². The van der Waals surface area contributed by atoms with Crippen molar-refractivity contribution < 1.29 is 19.0 Å². The fourth-order valence-corrected chi connectivity index (χ4v) is 4.24. The zero-order valence-corrected chi connectivity index (χ0v) is 21.5. The molecule has 168 valence electrons. The number of ether oxygens (including phenoxy) is 3. The van der Waals surface area contributed by atoms with Crippen LogP contribution >= 0.6 is 57.4 Å². The van der Waals surface area contributed by atoms with Crippen molar-refractivity contribution in [1.82, 2.24) is 0 Å². The molecule has 1 heterocycles. The van der Waals surface area contributed by atoms with Crippen LogP contribution in [0.1, 0.15) is 16.7 Å². The minimum absolute atomic E-state index is 0.113. The third-order valence-corrected chi connectivity index (χ3v) is 6.31. The van der Waals surface area contributed by atoms with Crippen molar-refractivity contribution >= 4 is 75.3 Å². The Morgan fingerprint density at radius 2 is 1.85 bits per heavy atom. The third kappa shape index (κ3) is 5.63. The quantitative estimate of drug-likeness (QED) is 0.168. The van der Waals surface area contributed by atoms with Crippen molar-refractivity contribution in [3.8, 4) is 11.5 Å². The van der Waals surface area contributed by atoms with Gasteiger partial charge in [0.2, 0.25) is 5.90 Å². The minimum atomic E-state index is -0.592. The van der Waals surface area contributed by atoms with Gasteiger partial charge in [0.1, 0.15) is 6.61 Å². The largest absolute Gasteiger partial charge is 0.493 e. The predicted octanol–water partition coefficient (Wildman–Crippen LogP) is 7.18. The smallest absolute Gasteiger partial charge is 0.363 e. The number of esters is 1. The molecule has 9 heteroatoms. The van der Waals surface area contributed by atoms with Crippen LogP contribution < -0.4 is 9.47 Å². The van der Waals surface area contributed by atoms with Crippen molar-refractivity contribution in [2.75, 3.05) is 7.11 Å². The van der Waals surface area contributed by atoms with Gasteiger partial charge in [-0.05, 0) is 82.3 Å². The number of methoxy groups -OCH3 is 1. The number of hydrogen-bond donors (Lipinski definition) is 0. The molecular formula is C24H15Cl3INO4. The van der Waals surface area contributed by atoms with Gasteiger partial charge in [0, 0.05) is 9.13 Å². The lowest BCUT2D eigenvalue weighted by Gasteiger charge is -2.13. The average molecular weight is 615 g/mol. The van der Waals surface area contributed by atoms with Crippen LogP contribution in [-0.2, 0) is 16.1 Å². The molecule has 0 atom stereocenters. The van der Waals surface area contributed by atoms with E-state index in [0.717, 1.165) is 9.13 Å². The maximum atomic E-state index is 12.4. The normalized spacial score (nSPS) is 14.3. The molecular weight excluding hydrogens is 600 g/mol. The topological polar surface area (TPSA) is 57.1 Å². The lowest BCUT2D eigenvalue weighted by Crippen LogP contribution is -2.05. The number of aliphatic imine (C=N–C) groups is 1. The van der Waals surface area contributed by atoms with Gasteiger partial charge in [-0.2, -0.15) is 0 Å². The Balaban J connectivity index is 1.59. The molecule has 0 unspecified atom stereocenters. The van der Waals surface area contributed by atoms with E-state index < -0.39 is 5.97 Å². The van der Waals surface area contributed by atoms with Crippen LogP contribution in [0.15, 0.2) is 65.3 Å². The molecule has 0 saturated carbocycles. The van der Waals surface area contributed by atoms with Crippen LogP contribution in [0.2, 0.25) is 15.1 Å². The first-order valence-corrected chi connectivity index (χ1v) is 11.8. The molecule has 3 aromatic rings. The van der Waals surface area contributed by atoms with Gasteiger partial charge in [-0.3, -0.25) is 0 Å². The Morgan fingerprint density at radius 3 is 2.58 bits per heavy atom. The number of hydrogen-bond acceptors (Lipinski definition) is 5. The molecule has 0 amide bonds. The third-order valence-electron chi connectivity index (χ3n) is 4.61. The zero-order chi connectivity index (χ0) is 23.5. The van der Waals surface area contributed by atoms with Crippen molar-refractivity contribution in [3.63, 3.8) is 0 Å². The van der Waals surface area contributed by atoms with Crippen LogP contribution in [0.5, 0.6) is 11.5 Å². The van der Waals surface area contributed by atoms with Crippen molar-refractivity contribution in [2.45, 2.75) is 6.61 Å². The summed E-state index contributed by atoms with van der Waals surface area (Å²) in [5.41, 5.74) is 2.26. The molecule has 0 fully saturated rings. The fraction of sp³-hybridized carbons (Fsp3) is 0.0833. The number of halogens is 4. The molecule has 0 aliphatic carbocycles. The van der Waals surface area contributed by atoms with Gasteiger partial charge in [-0.25, -0.2) is 9.79 Å². The van der Waals surface area contributed by atoms with Gasteiger partial charge < -0.3 is 14.2 Å². The highest BCUT2D eigenvalue weighted by molar-refractivity contribution is 14.1. The summed E-state index contributed by atoms with van der Waals surface area (Å²) in [7, 11) is 1.52. The Morgan fingerprint density at radius 1 is 1.03 bits per heavy atom. The van der Waals surface area contributed by atoms with E-state index in [0.29, 0.717) is 44.3 Å². The summed E-state index contributed by atoms with van der Waals surface area (Å²) in [6.45, 7) is 0.330. The van der Waals surface area contributed by atoms with Crippen LogP contribution in [0.25, 0.3) is 6.08 Å². The first-order chi connectivity index (χ1) is 15.8. The molecule has 4 rings (SSSR count). The highest BCUT2D eigenvalue weighted by atomic mass is 127. The number of benzene rings is 3. The molecule has 33 heavy (non-hydrogen) atoms. The van der Waals surface area contributed by atoms with Gasteiger partial charge in [0.25, 0.3) is 0 Å². The van der Waals surface area contributed by atoms with E-state index in [1.165, 1.54) is 7.11 Å². The predicted molar refractivity (Wildman–Crippen MR) is 139 cm³/mol. The minimum Gasteiger partial charge on any atom is -0.493 e. The number of nitrogens with zero attached hydrogens (tertiary/aromatic N) is 1. The molecule has 1 aliphatic heterocycles. The number of rotatable bonds is 6. The molecule has 0 radical (unpaired) electrons. The molecule has 3 aromatic carbocycles. The van der Waals surface area contributed by atoms with E-state index >= 15 is 0 Å². The van der Waals surface area contributed by atoms with Crippen LogP contribution in [-0.4, -0.2) is 19.0 Å². The Hall–Kier alpha value is -2.26. The van der Waals surface area contributed by atoms with Crippen molar-refractivity contribution in [3.05, 3.63) is 95.6 Å². The Kier molecular flexibility index (Phi) is 7.48. The highest BCUT2D eigenvalue weighted by Gasteiger charge is 2.25. The monoisotopic (exact) mass is 613 g/mol. The maximum Gasteiger partial charge on any atom is 0.363 e. The fourth-order valence-electron chi connectivity index (χ4n) is 3.07. The molecule has 0 spiro atoms. The van der Waals surface area contributed by atoms with Gasteiger partial charge in [0.15, 0.2) is 17.2 Å². The summed E-state index contributed by atoms with van der Waals surface area (Å²) in [6.07, 6.45) is 1.56. The van der Waals surface area contributed by atoms with E-state index in [4.69, 9.17) is 49.0 Å². The van der Waals surface area contributed by atoms with Gasteiger partial charge in [0.05, 0.1) is 22.2 Å². The van der Waals surface area contributed by atoms with E-state index in [1.54, 1.807) is 36.4 Å². The van der Waals surface area contributed by atoms with E-state index in [1.807, 2.05) is 24.3 Å². The maximum absolute atomic E-state index is 12.4. The number of carbonyl (C=O) groups is 1. The zero-order valence-electron chi connectivity index (χ0n) is 17.1. The van der Waals surface area contributed by atoms with Crippen LogP contribution in [0.4, 0.5) is 0 Å². The number of cyclic esters (lactones) is 1. The summed E-state index contributed by atoms with van der Waals surface area (Å²) in [5.74, 6) is 0.389. The number of carbonyl (C=O) groups excluding carboxylic acids is 1. The standard InChI is InChI=1S/C24H15Cl3INO4/c1-31-21-10-14(8-19(27)22(21)32-12-13-3-2-4-16(28)7-13)9-20-24(30)33-23(29-20)15-5-6-17(25)18(26)11-15/h2-11H,12H2,1H3/b20-9-. The molecule has 0 saturated heterocycles. The highest BCUT2D eigenvalue weighted by Crippen LogP contribution is 2.38. The molecule has 0 aromatic heterocycles. The second-order valence-corrected chi connectivity index (χ2v) is 9.38. The first-order valence-electron chi connectivity index (χ1n) is 9.57. The van der Waals surface area contributed by atoms with E-state index in [2.05, 4.69) is 27.6 Å². The second-order valence-electron chi connectivity index (χ2n) is 6.92. The SMILES string of the molecule is COc1cc(/C=C2\N=C(c3ccc(Cl)c(Cl)c3)OC2=O)cc(Cl)c1OCc1cccc(I)c1. The van der Waals surface area contributed by atoms with Gasteiger partial charge >= 0.3 is 5.97 Å². The Labute approximate surface area is 219 Å². The Bertz CT molecular complexity index is 1310. The van der Waals surface area contributed by atoms with Crippen molar-refractivity contribution in [1.29, 1.82) is 0 Å². The van der Waals surface area contributed by atoms with Crippen LogP contribution in [0.3, 0.4) is 0 Å². The van der Waals surface area contributed by atoms with E-state index in [-0.39, 0.29) is 11.6 Å². The van der Waals surface area contributed by atoms with Crippen LogP contribution in [0, 0.1) is 3.57 Å². The lowest BCUT2D eigenvalue weighted by atomic mass is 10.1. The van der Waals surface area contributed by atoms with E-state index in [9.17, 15) is 4.79 Å². The molecule has 0 bridgehead atoms. The molecule has 0 N–H and O–H groups in total.